The number of nitrogens with zero attached hydrogens (tertiary/aromatic N) is 3. The lowest BCUT2D eigenvalue weighted by Gasteiger charge is -2.13. The van der Waals surface area contributed by atoms with Crippen LogP contribution >= 0.6 is 0 Å². The molecule has 0 aliphatic rings. The van der Waals surface area contributed by atoms with Crippen molar-refractivity contribution in [3.05, 3.63) is 36.3 Å². The monoisotopic (exact) mass is 276 g/mol. The number of rotatable bonds is 6. The molecule has 2 heterocycles. The molecule has 0 aliphatic heterocycles. The largest absolute Gasteiger partial charge is 0.396 e. The molecular formula is C14H20N4O2. The average molecular weight is 276 g/mol. The molecule has 6 nitrogen and oxygen atoms in total. The van der Waals surface area contributed by atoms with Crippen molar-refractivity contribution in [2.75, 3.05) is 6.61 Å². The van der Waals surface area contributed by atoms with Crippen molar-refractivity contribution < 1.29 is 9.90 Å². The van der Waals surface area contributed by atoms with Gasteiger partial charge in [-0.15, -0.1) is 0 Å². The number of aliphatic hydroxyl groups excluding tert-OH is 1. The average Bonchev–Trinajstić information content (AvgIpc) is 3.04. The molecule has 1 amide bonds. The van der Waals surface area contributed by atoms with Crippen LogP contribution in [0.5, 0.6) is 0 Å². The van der Waals surface area contributed by atoms with Crippen LogP contribution in [0.3, 0.4) is 0 Å². The van der Waals surface area contributed by atoms with Crippen LogP contribution in [0.2, 0.25) is 0 Å². The van der Waals surface area contributed by atoms with Gasteiger partial charge in [-0.25, -0.2) is 0 Å². The van der Waals surface area contributed by atoms with Crippen LogP contribution in [0.1, 0.15) is 30.1 Å². The zero-order valence-corrected chi connectivity index (χ0v) is 11.8. The molecule has 6 heteroatoms. The molecule has 0 bridgehead atoms. The van der Waals surface area contributed by atoms with Crippen LogP contribution in [0, 0.1) is 0 Å². The first-order valence-corrected chi connectivity index (χ1v) is 6.70. The second-order valence-corrected chi connectivity index (χ2v) is 4.84. The molecule has 2 aromatic heterocycles. The van der Waals surface area contributed by atoms with Gasteiger partial charge in [-0.05, 0) is 31.9 Å². The summed E-state index contributed by atoms with van der Waals surface area (Å²) >= 11 is 0. The fraction of sp³-hybridized carbons (Fsp3) is 0.429. The van der Waals surface area contributed by atoms with Crippen LogP contribution in [0.4, 0.5) is 0 Å². The van der Waals surface area contributed by atoms with Gasteiger partial charge in [0.15, 0.2) is 0 Å². The zero-order chi connectivity index (χ0) is 14.5. The Bertz CT molecular complexity index is 560. The minimum Gasteiger partial charge on any atom is -0.396 e. The second kappa shape index (κ2) is 6.38. The van der Waals surface area contributed by atoms with Gasteiger partial charge in [0, 0.05) is 32.1 Å². The summed E-state index contributed by atoms with van der Waals surface area (Å²) in [6.07, 6.45) is 6.76. The Kier molecular flexibility index (Phi) is 4.57. The van der Waals surface area contributed by atoms with E-state index in [-0.39, 0.29) is 18.6 Å². The number of aliphatic hydroxyl groups is 1. The molecule has 1 unspecified atom stereocenters. The van der Waals surface area contributed by atoms with Crippen LogP contribution in [0.25, 0.3) is 5.82 Å². The number of nitrogens with one attached hydrogen (secondary N) is 1. The zero-order valence-electron chi connectivity index (χ0n) is 11.8. The van der Waals surface area contributed by atoms with Gasteiger partial charge >= 0.3 is 0 Å². The van der Waals surface area contributed by atoms with Crippen molar-refractivity contribution in [3.63, 3.8) is 0 Å². The maximum atomic E-state index is 12.3. The van der Waals surface area contributed by atoms with Gasteiger partial charge in [0.05, 0.1) is 6.20 Å². The van der Waals surface area contributed by atoms with Gasteiger partial charge in [0.25, 0.3) is 5.91 Å². The molecule has 0 aromatic carbocycles. The van der Waals surface area contributed by atoms with E-state index in [1.807, 2.05) is 36.0 Å². The minimum absolute atomic E-state index is 0.0207. The van der Waals surface area contributed by atoms with Gasteiger partial charge in [0.2, 0.25) is 0 Å². The molecule has 0 aliphatic carbocycles. The molecule has 0 saturated heterocycles. The predicted molar refractivity (Wildman–Crippen MR) is 75.8 cm³/mol. The van der Waals surface area contributed by atoms with Gasteiger partial charge in [-0.2, -0.15) is 5.10 Å². The first-order valence-electron chi connectivity index (χ1n) is 6.70. The number of amides is 1. The molecule has 0 fully saturated rings. The molecule has 108 valence electrons. The van der Waals surface area contributed by atoms with E-state index in [1.54, 1.807) is 17.9 Å². The molecule has 0 spiro atoms. The molecule has 0 saturated carbocycles. The Labute approximate surface area is 118 Å². The molecule has 1 atom stereocenters. The van der Waals surface area contributed by atoms with Gasteiger partial charge in [0.1, 0.15) is 11.4 Å². The summed E-state index contributed by atoms with van der Waals surface area (Å²) in [5.41, 5.74) is 0.541. The van der Waals surface area contributed by atoms with Crippen LogP contribution < -0.4 is 5.32 Å². The molecular weight excluding hydrogens is 256 g/mol. The van der Waals surface area contributed by atoms with Crippen molar-refractivity contribution in [2.24, 2.45) is 7.05 Å². The maximum absolute atomic E-state index is 12.3. The lowest BCUT2D eigenvalue weighted by Crippen LogP contribution is -2.33. The standard InChI is InChI=1S/C14H20N4O2/c1-11(6-5-9-19)16-13(20)12-10-15-17(2)14(12)18-7-3-4-8-18/h3-4,7-8,10-11,19H,5-6,9H2,1-2H3,(H,16,20). The Balaban J connectivity index is 2.15. The summed E-state index contributed by atoms with van der Waals surface area (Å²) in [7, 11) is 1.81. The fourth-order valence-electron chi connectivity index (χ4n) is 2.14. The highest BCUT2D eigenvalue weighted by atomic mass is 16.3. The predicted octanol–water partition coefficient (Wildman–Crippen LogP) is 1.10. The summed E-state index contributed by atoms with van der Waals surface area (Å²) < 4.78 is 3.54. The van der Waals surface area contributed by atoms with E-state index in [1.165, 1.54) is 0 Å². The van der Waals surface area contributed by atoms with Crippen molar-refractivity contribution in [1.82, 2.24) is 19.7 Å². The molecule has 2 aromatic rings. The van der Waals surface area contributed by atoms with E-state index < -0.39 is 0 Å². The highest BCUT2D eigenvalue weighted by Gasteiger charge is 2.18. The Hall–Kier alpha value is -2.08. The van der Waals surface area contributed by atoms with Crippen molar-refractivity contribution in [1.29, 1.82) is 0 Å². The van der Waals surface area contributed by atoms with Crippen molar-refractivity contribution in [3.8, 4) is 5.82 Å². The third-order valence-electron chi connectivity index (χ3n) is 3.17. The van der Waals surface area contributed by atoms with Gasteiger partial charge in [-0.3, -0.25) is 9.48 Å². The number of aryl methyl sites for hydroxylation is 1. The molecule has 2 rings (SSSR count). The summed E-state index contributed by atoms with van der Waals surface area (Å²) in [6, 6.07) is 3.82. The Morgan fingerprint density at radius 2 is 2.15 bits per heavy atom. The van der Waals surface area contributed by atoms with E-state index in [0.29, 0.717) is 12.0 Å². The number of hydrogen-bond acceptors (Lipinski definition) is 3. The SMILES string of the molecule is CC(CCCO)NC(=O)c1cnn(C)c1-n1cccc1. The normalized spacial score (nSPS) is 12.3. The molecule has 0 radical (unpaired) electrons. The number of hydrogen-bond donors (Lipinski definition) is 2. The molecule has 20 heavy (non-hydrogen) atoms. The lowest BCUT2D eigenvalue weighted by molar-refractivity contribution is 0.0936. The third-order valence-corrected chi connectivity index (χ3v) is 3.17. The highest BCUT2D eigenvalue weighted by molar-refractivity contribution is 5.97. The number of carbonyl (C=O) groups excluding carboxylic acids is 1. The van der Waals surface area contributed by atoms with Gasteiger partial charge < -0.3 is 15.0 Å². The van der Waals surface area contributed by atoms with Crippen molar-refractivity contribution >= 4 is 5.91 Å². The van der Waals surface area contributed by atoms with E-state index in [2.05, 4.69) is 10.4 Å². The van der Waals surface area contributed by atoms with E-state index in [9.17, 15) is 4.79 Å². The summed E-state index contributed by atoms with van der Waals surface area (Å²) in [5, 5.41) is 15.9. The Morgan fingerprint density at radius 3 is 2.80 bits per heavy atom. The number of aromatic nitrogens is 3. The summed E-state index contributed by atoms with van der Waals surface area (Å²) in [4.78, 5) is 12.3. The van der Waals surface area contributed by atoms with E-state index in [4.69, 9.17) is 5.11 Å². The quantitative estimate of drug-likeness (QED) is 0.830. The highest BCUT2D eigenvalue weighted by Crippen LogP contribution is 2.14. The number of carbonyl (C=O) groups is 1. The summed E-state index contributed by atoms with van der Waals surface area (Å²) in [5.74, 6) is 0.592. The minimum atomic E-state index is -0.146. The van der Waals surface area contributed by atoms with Crippen LogP contribution in [0.15, 0.2) is 30.7 Å². The van der Waals surface area contributed by atoms with Gasteiger partial charge in [-0.1, -0.05) is 0 Å². The van der Waals surface area contributed by atoms with E-state index >= 15 is 0 Å². The first kappa shape index (κ1) is 14.3. The first-order chi connectivity index (χ1) is 9.63. The topological polar surface area (TPSA) is 72.1 Å². The van der Waals surface area contributed by atoms with Crippen LogP contribution in [-0.2, 0) is 7.05 Å². The smallest absolute Gasteiger partial charge is 0.256 e. The third kappa shape index (κ3) is 3.08. The van der Waals surface area contributed by atoms with Crippen LogP contribution in [-0.4, -0.2) is 38.0 Å². The Morgan fingerprint density at radius 1 is 1.45 bits per heavy atom. The second-order valence-electron chi connectivity index (χ2n) is 4.84. The summed E-state index contributed by atoms with van der Waals surface area (Å²) in [6.45, 7) is 2.07. The van der Waals surface area contributed by atoms with Crippen molar-refractivity contribution in [2.45, 2.75) is 25.8 Å². The van der Waals surface area contributed by atoms with E-state index in [0.717, 1.165) is 12.2 Å². The molecule has 2 N–H and O–H groups in total. The lowest BCUT2D eigenvalue weighted by atomic mass is 10.2. The fourth-order valence-corrected chi connectivity index (χ4v) is 2.14. The maximum Gasteiger partial charge on any atom is 0.256 e.